The second-order valence-electron chi connectivity index (χ2n) is 2.67. The van der Waals surface area contributed by atoms with E-state index in [0.29, 0.717) is 5.25 Å². The smallest absolute Gasteiger partial charge is 0.0278 e. The van der Waals surface area contributed by atoms with Gasteiger partial charge in [-0.2, -0.15) is 0 Å². The first-order valence-corrected chi connectivity index (χ1v) is 4.92. The third-order valence-electron chi connectivity index (χ3n) is 1.48. The second-order valence-corrected chi connectivity index (χ2v) is 4.18. The lowest BCUT2D eigenvalue weighted by Gasteiger charge is -2.09. The maximum Gasteiger partial charge on any atom is 0.0278 e. The molecule has 1 atom stereocenters. The van der Waals surface area contributed by atoms with Crippen LogP contribution < -0.4 is 5.32 Å². The summed E-state index contributed by atoms with van der Waals surface area (Å²) >= 11 is 1.87. The fourth-order valence-corrected chi connectivity index (χ4v) is 1.97. The van der Waals surface area contributed by atoms with Crippen molar-refractivity contribution in [2.24, 2.45) is 0 Å². The van der Waals surface area contributed by atoms with Gasteiger partial charge in [0, 0.05) is 29.1 Å². The molecule has 0 bridgehead atoms. The first-order valence-electron chi connectivity index (χ1n) is 4.04. The SMILES string of the molecule is CNCC(C)Sc1ccncc1. The highest BCUT2D eigenvalue weighted by atomic mass is 32.2. The predicted molar refractivity (Wildman–Crippen MR) is 53.5 cm³/mol. The normalized spacial score (nSPS) is 12.8. The lowest BCUT2D eigenvalue weighted by atomic mass is 10.5. The molecule has 1 heterocycles. The van der Waals surface area contributed by atoms with Crippen LogP contribution in [0, 0.1) is 0 Å². The summed E-state index contributed by atoms with van der Waals surface area (Å²) in [5.74, 6) is 0. The minimum absolute atomic E-state index is 0.609. The van der Waals surface area contributed by atoms with Gasteiger partial charge >= 0.3 is 0 Å². The van der Waals surface area contributed by atoms with Gasteiger partial charge in [-0.3, -0.25) is 4.98 Å². The van der Waals surface area contributed by atoms with Crippen molar-refractivity contribution >= 4 is 11.8 Å². The van der Waals surface area contributed by atoms with Crippen molar-refractivity contribution in [2.45, 2.75) is 17.1 Å². The van der Waals surface area contributed by atoms with Gasteiger partial charge in [-0.25, -0.2) is 0 Å². The van der Waals surface area contributed by atoms with Gasteiger partial charge < -0.3 is 5.32 Å². The van der Waals surface area contributed by atoms with Crippen molar-refractivity contribution in [1.29, 1.82) is 0 Å². The molecule has 1 rings (SSSR count). The van der Waals surface area contributed by atoms with Gasteiger partial charge in [0.25, 0.3) is 0 Å². The van der Waals surface area contributed by atoms with Gasteiger partial charge in [0.05, 0.1) is 0 Å². The number of aromatic nitrogens is 1. The van der Waals surface area contributed by atoms with Gasteiger partial charge in [0.1, 0.15) is 0 Å². The molecule has 0 saturated heterocycles. The van der Waals surface area contributed by atoms with Gasteiger partial charge in [0.15, 0.2) is 0 Å². The lowest BCUT2D eigenvalue weighted by molar-refractivity contribution is 0.785. The van der Waals surface area contributed by atoms with Crippen LogP contribution >= 0.6 is 11.8 Å². The molecule has 12 heavy (non-hydrogen) atoms. The zero-order valence-electron chi connectivity index (χ0n) is 7.45. The second kappa shape index (κ2) is 5.17. The third kappa shape index (κ3) is 3.24. The fourth-order valence-electron chi connectivity index (χ4n) is 0.978. The summed E-state index contributed by atoms with van der Waals surface area (Å²) in [6.07, 6.45) is 3.66. The standard InChI is InChI=1S/C9H14N2S/c1-8(7-10-2)12-9-3-5-11-6-4-9/h3-6,8,10H,7H2,1-2H3. The van der Waals surface area contributed by atoms with Gasteiger partial charge in [0.2, 0.25) is 0 Å². The highest BCUT2D eigenvalue weighted by molar-refractivity contribution is 8.00. The topological polar surface area (TPSA) is 24.9 Å². The number of hydrogen-bond acceptors (Lipinski definition) is 3. The van der Waals surface area contributed by atoms with E-state index in [0.717, 1.165) is 6.54 Å². The fraction of sp³-hybridized carbons (Fsp3) is 0.444. The number of pyridine rings is 1. The van der Waals surface area contributed by atoms with E-state index in [-0.39, 0.29) is 0 Å². The Kier molecular flexibility index (Phi) is 4.11. The lowest BCUT2D eigenvalue weighted by Crippen LogP contribution is -2.17. The summed E-state index contributed by atoms with van der Waals surface area (Å²) in [5, 5.41) is 3.76. The van der Waals surface area contributed by atoms with Crippen LogP contribution in [0.3, 0.4) is 0 Å². The molecule has 0 saturated carbocycles. The molecule has 1 aromatic rings. The van der Waals surface area contributed by atoms with E-state index in [1.165, 1.54) is 4.90 Å². The number of hydrogen-bond donors (Lipinski definition) is 1. The highest BCUT2D eigenvalue weighted by Crippen LogP contribution is 2.21. The molecule has 1 aromatic heterocycles. The monoisotopic (exact) mass is 182 g/mol. The quantitative estimate of drug-likeness (QED) is 0.718. The van der Waals surface area contributed by atoms with Crippen LogP contribution in [-0.4, -0.2) is 23.8 Å². The highest BCUT2D eigenvalue weighted by Gasteiger charge is 2.01. The van der Waals surface area contributed by atoms with E-state index >= 15 is 0 Å². The first-order chi connectivity index (χ1) is 5.83. The van der Waals surface area contributed by atoms with Crippen LogP contribution in [0.1, 0.15) is 6.92 Å². The Labute approximate surface area is 77.8 Å². The Morgan fingerprint density at radius 2 is 2.17 bits per heavy atom. The van der Waals surface area contributed by atoms with E-state index < -0.39 is 0 Å². The molecule has 1 unspecified atom stereocenters. The zero-order valence-corrected chi connectivity index (χ0v) is 8.27. The van der Waals surface area contributed by atoms with E-state index in [1.54, 1.807) is 0 Å². The minimum Gasteiger partial charge on any atom is -0.319 e. The predicted octanol–water partition coefficient (Wildman–Crippen LogP) is 1.78. The molecule has 0 amide bonds. The molecular formula is C9H14N2S. The Morgan fingerprint density at radius 1 is 1.50 bits per heavy atom. The third-order valence-corrected chi connectivity index (χ3v) is 2.59. The van der Waals surface area contributed by atoms with Crippen molar-refractivity contribution < 1.29 is 0 Å². The van der Waals surface area contributed by atoms with Crippen molar-refractivity contribution in [3.63, 3.8) is 0 Å². The molecule has 66 valence electrons. The molecule has 2 nitrogen and oxygen atoms in total. The molecule has 0 radical (unpaired) electrons. The van der Waals surface area contributed by atoms with Crippen LogP contribution in [0.4, 0.5) is 0 Å². The van der Waals surface area contributed by atoms with Crippen molar-refractivity contribution in [3.8, 4) is 0 Å². The van der Waals surface area contributed by atoms with Crippen LogP contribution in [0.2, 0.25) is 0 Å². The molecule has 0 aliphatic heterocycles. The average Bonchev–Trinajstić information content (AvgIpc) is 2.06. The Hall–Kier alpha value is -0.540. The Morgan fingerprint density at radius 3 is 2.75 bits per heavy atom. The molecule has 1 N–H and O–H groups in total. The van der Waals surface area contributed by atoms with E-state index in [1.807, 2.05) is 43.3 Å². The summed E-state index contributed by atoms with van der Waals surface area (Å²) in [5.41, 5.74) is 0. The summed E-state index contributed by atoms with van der Waals surface area (Å²) in [7, 11) is 1.98. The van der Waals surface area contributed by atoms with Gasteiger partial charge in [-0.1, -0.05) is 6.92 Å². The Bertz CT molecular complexity index is 213. The van der Waals surface area contributed by atoms with E-state index in [4.69, 9.17) is 0 Å². The van der Waals surface area contributed by atoms with Crippen LogP contribution in [0.15, 0.2) is 29.4 Å². The molecule has 3 heteroatoms. The molecule has 0 fully saturated rings. The van der Waals surface area contributed by atoms with Crippen molar-refractivity contribution in [1.82, 2.24) is 10.3 Å². The molecule has 0 spiro atoms. The van der Waals surface area contributed by atoms with Crippen LogP contribution in [-0.2, 0) is 0 Å². The van der Waals surface area contributed by atoms with Crippen molar-refractivity contribution in [3.05, 3.63) is 24.5 Å². The Balaban J connectivity index is 2.41. The summed E-state index contributed by atoms with van der Waals surface area (Å²) in [6, 6.07) is 4.08. The molecule has 0 aliphatic rings. The number of nitrogens with zero attached hydrogens (tertiary/aromatic N) is 1. The van der Waals surface area contributed by atoms with Gasteiger partial charge in [-0.05, 0) is 19.2 Å². The minimum atomic E-state index is 0.609. The molecular weight excluding hydrogens is 168 g/mol. The summed E-state index contributed by atoms with van der Waals surface area (Å²) in [6.45, 7) is 3.24. The number of nitrogens with one attached hydrogen (secondary N) is 1. The van der Waals surface area contributed by atoms with E-state index in [2.05, 4.69) is 17.2 Å². The maximum atomic E-state index is 3.97. The van der Waals surface area contributed by atoms with E-state index in [9.17, 15) is 0 Å². The average molecular weight is 182 g/mol. The van der Waals surface area contributed by atoms with Crippen molar-refractivity contribution in [2.75, 3.05) is 13.6 Å². The molecule has 0 aromatic carbocycles. The zero-order chi connectivity index (χ0) is 8.81. The van der Waals surface area contributed by atoms with Gasteiger partial charge in [-0.15, -0.1) is 11.8 Å². The summed E-state index contributed by atoms with van der Waals surface area (Å²) in [4.78, 5) is 5.25. The van der Waals surface area contributed by atoms with Crippen LogP contribution in [0.25, 0.3) is 0 Å². The first kappa shape index (κ1) is 9.55. The largest absolute Gasteiger partial charge is 0.319 e. The number of thioether (sulfide) groups is 1. The summed E-state index contributed by atoms with van der Waals surface area (Å²) < 4.78 is 0. The molecule has 0 aliphatic carbocycles. The number of rotatable bonds is 4. The maximum absolute atomic E-state index is 3.97. The van der Waals surface area contributed by atoms with Crippen LogP contribution in [0.5, 0.6) is 0 Å².